The predicted octanol–water partition coefficient (Wildman–Crippen LogP) is 2.23. The van der Waals surface area contributed by atoms with Crippen LogP contribution in [0.4, 0.5) is 0 Å². The maximum Gasteiger partial charge on any atom is 0.230 e. The highest BCUT2D eigenvalue weighted by Gasteiger charge is 2.27. The van der Waals surface area contributed by atoms with Gasteiger partial charge < -0.3 is 0 Å². The van der Waals surface area contributed by atoms with E-state index >= 15 is 0 Å². The standard InChI is InChI=1S/C6H8ClN3O/c7-6(11)5(9-10-8)3-4-1-2-4/h4-5H,1-3H2. The van der Waals surface area contributed by atoms with Crippen LogP contribution >= 0.6 is 11.6 Å². The van der Waals surface area contributed by atoms with Crippen LogP contribution in [0.1, 0.15) is 19.3 Å². The fourth-order valence-electron chi connectivity index (χ4n) is 0.917. The number of hydrogen-bond donors (Lipinski definition) is 0. The van der Waals surface area contributed by atoms with Crippen LogP contribution in [-0.4, -0.2) is 11.3 Å². The van der Waals surface area contributed by atoms with Crippen molar-refractivity contribution in [2.75, 3.05) is 0 Å². The van der Waals surface area contributed by atoms with Crippen molar-refractivity contribution in [1.29, 1.82) is 0 Å². The molecule has 0 aromatic rings. The quantitative estimate of drug-likeness (QED) is 0.278. The second-order valence-electron chi connectivity index (χ2n) is 2.70. The molecule has 1 saturated carbocycles. The lowest BCUT2D eigenvalue weighted by Crippen LogP contribution is -2.12. The van der Waals surface area contributed by atoms with E-state index in [0.717, 1.165) is 12.8 Å². The lowest BCUT2D eigenvalue weighted by atomic mass is 10.2. The molecule has 1 rings (SSSR count). The zero-order valence-corrected chi connectivity index (χ0v) is 6.66. The first-order chi connectivity index (χ1) is 5.24. The number of halogens is 1. The summed E-state index contributed by atoms with van der Waals surface area (Å²) in [7, 11) is 0. The van der Waals surface area contributed by atoms with Crippen molar-refractivity contribution < 1.29 is 4.79 Å². The summed E-state index contributed by atoms with van der Waals surface area (Å²) < 4.78 is 0. The first kappa shape index (κ1) is 8.37. The van der Waals surface area contributed by atoms with Gasteiger partial charge in [-0.1, -0.05) is 18.0 Å². The van der Waals surface area contributed by atoms with Crippen LogP contribution in [0.2, 0.25) is 0 Å². The Bertz CT molecular complexity index is 206. The molecule has 0 aromatic carbocycles. The molecule has 11 heavy (non-hydrogen) atoms. The Labute approximate surface area is 69.2 Å². The molecule has 60 valence electrons. The minimum Gasteiger partial charge on any atom is -0.281 e. The summed E-state index contributed by atoms with van der Waals surface area (Å²) in [6.07, 6.45) is 2.87. The molecule has 0 heterocycles. The van der Waals surface area contributed by atoms with E-state index in [0.29, 0.717) is 12.3 Å². The van der Waals surface area contributed by atoms with Gasteiger partial charge in [-0.25, -0.2) is 0 Å². The number of nitrogens with zero attached hydrogens (tertiary/aromatic N) is 3. The number of hydrogen-bond acceptors (Lipinski definition) is 2. The van der Waals surface area contributed by atoms with Crippen molar-refractivity contribution in [2.24, 2.45) is 11.0 Å². The summed E-state index contributed by atoms with van der Waals surface area (Å²) in [5.74, 6) is 0.549. The minimum atomic E-state index is -0.644. The number of carbonyl (C=O) groups excluding carboxylic acids is 1. The lowest BCUT2D eigenvalue weighted by Gasteiger charge is -2.01. The highest BCUT2D eigenvalue weighted by molar-refractivity contribution is 6.64. The normalized spacial score (nSPS) is 18.6. The molecule has 0 saturated heterocycles. The van der Waals surface area contributed by atoms with Gasteiger partial charge >= 0.3 is 0 Å². The van der Waals surface area contributed by atoms with Gasteiger partial charge in [-0.15, -0.1) is 0 Å². The smallest absolute Gasteiger partial charge is 0.230 e. The maximum absolute atomic E-state index is 10.6. The molecule has 0 radical (unpaired) electrons. The van der Waals surface area contributed by atoms with Crippen LogP contribution in [-0.2, 0) is 4.79 Å². The Balaban J connectivity index is 2.43. The first-order valence-corrected chi connectivity index (χ1v) is 3.85. The molecule has 1 fully saturated rings. The van der Waals surface area contributed by atoms with Gasteiger partial charge in [0.05, 0.1) is 0 Å². The Morgan fingerprint density at radius 3 is 2.82 bits per heavy atom. The van der Waals surface area contributed by atoms with Crippen molar-refractivity contribution >= 4 is 16.8 Å². The number of azide groups is 1. The van der Waals surface area contributed by atoms with E-state index in [1.807, 2.05) is 0 Å². The summed E-state index contributed by atoms with van der Waals surface area (Å²) in [6.45, 7) is 0. The first-order valence-electron chi connectivity index (χ1n) is 3.47. The van der Waals surface area contributed by atoms with Crippen LogP contribution < -0.4 is 0 Å². The summed E-state index contributed by atoms with van der Waals surface area (Å²) in [6, 6.07) is -0.644. The van der Waals surface area contributed by atoms with E-state index in [2.05, 4.69) is 10.0 Å². The molecule has 0 spiro atoms. The Hall–Kier alpha value is -0.730. The van der Waals surface area contributed by atoms with Gasteiger partial charge in [0.15, 0.2) is 0 Å². The average Bonchev–Trinajstić information content (AvgIpc) is 2.70. The third-order valence-electron chi connectivity index (χ3n) is 1.71. The van der Waals surface area contributed by atoms with Crippen LogP contribution in [0.5, 0.6) is 0 Å². The van der Waals surface area contributed by atoms with Crippen LogP contribution in [0.3, 0.4) is 0 Å². The Morgan fingerprint density at radius 2 is 2.45 bits per heavy atom. The molecular formula is C6H8ClN3O. The molecular weight excluding hydrogens is 166 g/mol. The second kappa shape index (κ2) is 3.60. The summed E-state index contributed by atoms with van der Waals surface area (Å²) in [5, 5.41) is 2.76. The molecule has 0 aromatic heterocycles. The number of rotatable bonds is 4. The molecule has 1 aliphatic carbocycles. The SMILES string of the molecule is [N-]=[N+]=NC(CC1CC1)C(=O)Cl. The molecule has 0 amide bonds. The van der Waals surface area contributed by atoms with Gasteiger partial charge in [0, 0.05) is 4.91 Å². The van der Waals surface area contributed by atoms with Crippen molar-refractivity contribution in [2.45, 2.75) is 25.3 Å². The van der Waals surface area contributed by atoms with E-state index in [1.54, 1.807) is 0 Å². The molecule has 1 aliphatic rings. The van der Waals surface area contributed by atoms with E-state index in [9.17, 15) is 4.79 Å². The van der Waals surface area contributed by atoms with Gasteiger partial charge in [0.25, 0.3) is 0 Å². The molecule has 0 aliphatic heterocycles. The van der Waals surface area contributed by atoms with E-state index < -0.39 is 11.3 Å². The molecule has 5 heteroatoms. The second-order valence-corrected chi connectivity index (χ2v) is 3.08. The predicted molar refractivity (Wildman–Crippen MR) is 41.1 cm³/mol. The van der Waals surface area contributed by atoms with Crippen LogP contribution in [0, 0.1) is 5.92 Å². The lowest BCUT2D eigenvalue weighted by molar-refractivity contribution is -0.113. The van der Waals surface area contributed by atoms with Crippen molar-refractivity contribution in [3.05, 3.63) is 10.4 Å². The van der Waals surface area contributed by atoms with Crippen LogP contribution in [0.25, 0.3) is 10.4 Å². The van der Waals surface area contributed by atoms with Crippen molar-refractivity contribution in [1.82, 2.24) is 0 Å². The molecule has 0 N–H and O–H groups in total. The molecule has 0 bridgehead atoms. The van der Waals surface area contributed by atoms with Gasteiger partial charge in [-0.05, 0) is 29.5 Å². The van der Waals surface area contributed by atoms with E-state index in [1.165, 1.54) is 0 Å². The monoisotopic (exact) mass is 173 g/mol. The highest BCUT2D eigenvalue weighted by atomic mass is 35.5. The Morgan fingerprint density at radius 1 is 1.82 bits per heavy atom. The largest absolute Gasteiger partial charge is 0.281 e. The fraction of sp³-hybridized carbons (Fsp3) is 0.833. The zero-order valence-electron chi connectivity index (χ0n) is 5.90. The van der Waals surface area contributed by atoms with Crippen LogP contribution in [0.15, 0.2) is 5.11 Å². The summed E-state index contributed by atoms with van der Waals surface area (Å²) >= 11 is 5.19. The van der Waals surface area contributed by atoms with E-state index in [-0.39, 0.29) is 0 Å². The molecule has 4 nitrogen and oxygen atoms in total. The van der Waals surface area contributed by atoms with E-state index in [4.69, 9.17) is 17.1 Å². The van der Waals surface area contributed by atoms with Gasteiger partial charge in [0.2, 0.25) is 5.24 Å². The third-order valence-corrected chi connectivity index (χ3v) is 1.96. The molecule has 1 unspecified atom stereocenters. The number of carbonyl (C=O) groups is 1. The third kappa shape index (κ3) is 2.78. The van der Waals surface area contributed by atoms with Gasteiger partial charge in [-0.2, -0.15) is 0 Å². The maximum atomic E-state index is 10.6. The fourth-order valence-corrected chi connectivity index (χ4v) is 1.05. The topological polar surface area (TPSA) is 65.8 Å². The zero-order chi connectivity index (χ0) is 8.27. The average molecular weight is 174 g/mol. The summed E-state index contributed by atoms with van der Waals surface area (Å²) in [4.78, 5) is 13.2. The highest BCUT2D eigenvalue weighted by Crippen LogP contribution is 2.34. The molecule has 1 atom stereocenters. The van der Waals surface area contributed by atoms with Gasteiger partial charge in [0.1, 0.15) is 6.04 Å². The minimum absolute atomic E-state index is 0.547. The van der Waals surface area contributed by atoms with Crippen molar-refractivity contribution in [3.63, 3.8) is 0 Å². The van der Waals surface area contributed by atoms with Crippen molar-refractivity contribution in [3.8, 4) is 0 Å². The summed E-state index contributed by atoms with van der Waals surface area (Å²) in [5.41, 5.74) is 8.07. The Kier molecular flexibility index (Phi) is 2.74. The van der Waals surface area contributed by atoms with Gasteiger partial charge in [-0.3, -0.25) is 4.79 Å².